The van der Waals surface area contributed by atoms with Crippen LogP contribution in [0.4, 0.5) is 0 Å². The number of alkyl halides is 1. The van der Waals surface area contributed by atoms with Crippen molar-refractivity contribution >= 4 is 22.6 Å². The van der Waals surface area contributed by atoms with Gasteiger partial charge in [-0.2, -0.15) is 0 Å². The number of halogens is 1. The minimum absolute atomic E-state index is 0.610. The lowest BCUT2D eigenvalue weighted by Crippen LogP contribution is -2.19. The number of nitrogens with zero attached hydrogens (tertiary/aromatic N) is 2. The maximum atomic E-state index is 5.96. The quantitative estimate of drug-likeness (QED) is 0.709. The number of fused-ring (bicyclic) bond motifs is 1. The van der Waals surface area contributed by atoms with E-state index in [2.05, 4.69) is 23.6 Å². The first-order valence-electron chi connectivity index (χ1n) is 8.00. The largest absolute Gasteiger partial charge is 0.491 e. The zero-order chi connectivity index (χ0) is 14.7. The van der Waals surface area contributed by atoms with Crippen LogP contribution >= 0.6 is 11.6 Å². The van der Waals surface area contributed by atoms with Gasteiger partial charge in [0, 0.05) is 18.8 Å². The molecule has 114 valence electrons. The van der Waals surface area contributed by atoms with E-state index in [-0.39, 0.29) is 0 Å². The summed E-state index contributed by atoms with van der Waals surface area (Å²) in [4.78, 5) is 4.82. The lowest BCUT2D eigenvalue weighted by atomic mass is 9.85. The molecule has 2 aromatic rings. The number of benzene rings is 1. The number of aryl methyl sites for hydroxylation is 1. The first-order valence-corrected chi connectivity index (χ1v) is 8.53. The number of imidazole rings is 1. The Kier molecular flexibility index (Phi) is 4.69. The number of hydrogen-bond donors (Lipinski definition) is 0. The maximum absolute atomic E-state index is 5.96. The zero-order valence-electron chi connectivity index (χ0n) is 12.6. The highest BCUT2D eigenvalue weighted by molar-refractivity contribution is 6.17. The summed E-state index contributed by atoms with van der Waals surface area (Å²) in [5.74, 6) is 3.41. The van der Waals surface area contributed by atoms with Gasteiger partial charge in [0.15, 0.2) is 0 Å². The standard InChI is InChI=1S/C17H23ClN2O/c1-2-11-21-15-8-4-7-14-17(15)19-16(9-10-18)20(14)12-13-5-3-6-13/h4,7-8,13H,2-3,5-6,9-12H2,1H3. The third kappa shape index (κ3) is 3.03. The van der Waals surface area contributed by atoms with Crippen LogP contribution in [-0.2, 0) is 13.0 Å². The van der Waals surface area contributed by atoms with Gasteiger partial charge in [-0.05, 0) is 37.3 Å². The maximum Gasteiger partial charge on any atom is 0.147 e. The van der Waals surface area contributed by atoms with E-state index in [0.29, 0.717) is 5.88 Å². The van der Waals surface area contributed by atoms with E-state index in [1.165, 1.54) is 24.8 Å². The zero-order valence-corrected chi connectivity index (χ0v) is 13.4. The molecule has 21 heavy (non-hydrogen) atoms. The number of aromatic nitrogens is 2. The Labute approximate surface area is 131 Å². The van der Waals surface area contributed by atoms with Gasteiger partial charge in [-0.1, -0.05) is 19.4 Å². The van der Waals surface area contributed by atoms with Crippen LogP contribution in [0.1, 0.15) is 38.4 Å². The molecule has 0 bridgehead atoms. The van der Waals surface area contributed by atoms with Gasteiger partial charge in [0.05, 0.1) is 12.1 Å². The van der Waals surface area contributed by atoms with Crippen LogP contribution in [0.15, 0.2) is 18.2 Å². The summed E-state index contributed by atoms with van der Waals surface area (Å²) >= 11 is 5.96. The minimum Gasteiger partial charge on any atom is -0.491 e. The van der Waals surface area contributed by atoms with Crippen molar-refractivity contribution in [2.75, 3.05) is 12.5 Å². The lowest BCUT2D eigenvalue weighted by Gasteiger charge is -2.26. The van der Waals surface area contributed by atoms with Gasteiger partial charge < -0.3 is 9.30 Å². The summed E-state index contributed by atoms with van der Waals surface area (Å²) in [5.41, 5.74) is 2.18. The van der Waals surface area contributed by atoms with Gasteiger partial charge in [-0.3, -0.25) is 0 Å². The van der Waals surface area contributed by atoms with Crippen LogP contribution < -0.4 is 4.74 Å². The molecule has 3 rings (SSSR count). The second-order valence-electron chi connectivity index (χ2n) is 5.85. The summed E-state index contributed by atoms with van der Waals surface area (Å²) < 4.78 is 8.21. The Hall–Kier alpha value is -1.22. The molecule has 0 unspecified atom stereocenters. The van der Waals surface area contributed by atoms with Gasteiger partial charge in [0.1, 0.15) is 17.1 Å². The second-order valence-corrected chi connectivity index (χ2v) is 6.22. The Morgan fingerprint density at radius 1 is 1.38 bits per heavy atom. The van der Waals surface area contributed by atoms with E-state index >= 15 is 0 Å². The summed E-state index contributed by atoms with van der Waals surface area (Å²) in [5, 5.41) is 0. The average Bonchev–Trinajstić information content (AvgIpc) is 2.79. The van der Waals surface area contributed by atoms with Crippen molar-refractivity contribution in [2.45, 2.75) is 45.6 Å². The van der Waals surface area contributed by atoms with Crippen molar-refractivity contribution in [1.82, 2.24) is 9.55 Å². The highest BCUT2D eigenvalue weighted by Crippen LogP contribution is 2.32. The SMILES string of the molecule is CCCOc1cccc2c1nc(CCCl)n2CC1CCC1. The molecule has 0 N–H and O–H groups in total. The number of rotatable bonds is 7. The molecule has 1 aliphatic carbocycles. The number of para-hydroxylation sites is 1. The molecule has 1 heterocycles. The fourth-order valence-corrected chi connectivity index (χ4v) is 3.08. The van der Waals surface area contributed by atoms with Gasteiger partial charge in [0.25, 0.3) is 0 Å². The van der Waals surface area contributed by atoms with Gasteiger partial charge in [-0.25, -0.2) is 4.98 Å². The van der Waals surface area contributed by atoms with E-state index in [9.17, 15) is 0 Å². The van der Waals surface area contributed by atoms with E-state index in [1.54, 1.807) is 0 Å². The molecular weight excluding hydrogens is 284 g/mol. The van der Waals surface area contributed by atoms with E-state index in [1.807, 2.05) is 6.07 Å². The first-order chi connectivity index (χ1) is 10.3. The Morgan fingerprint density at radius 2 is 2.24 bits per heavy atom. The highest BCUT2D eigenvalue weighted by atomic mass is 35.5. The Bertz CT molecular complexity index is 604. The van der Waals surface area contributed by atoms with Crippen LogP contribution in [0.2, 0.25) is 0 Å². The molecule has 0 spiro atoms. The Balaban J connectivity index is 1.98. The van der Waals surface area contributed by atoms with Crippen LogP contribution in [0, 0.1) is 5.92 Å². The molecule has 0 radical (unpaired) electrons. The van der Waals surface area contributed by atoms with E-state index in [4.69, 9.17) is 21.3 Å². The van der Waals surface area contributed by atoms with Crippen LogP contribution in [0.5, 0.6) is 5.75 Å². The Morgan fingerprint density at radius 3 is 2.90 bits per heavy atom. The van der Waals surface area contributed by atoms with Crippen LogP contribution in [0.25, 0.3) is 11.0 Å². The van der Waals surface area contributed by atoms with Gasteiger partial charge in [0.2, 0.25) is 0 Å². The molecule has 1 aromatic heterocycles. The van der Waals surface area contributed by atoms with Crippen molar-refractivity contribution in [2.24, 2.45) is 5.92 Å². The summed E-state index contributed by atoms with van der Waals surface area (Å²) in [7, 11) is 0. The third-order valence-electron chi connectivity index (χ3n) is 4.27. The lowest BCUT2D eigenvalue weighted by molar-refractivity contribution is 0.277. The monoisotopic (exact) mass is 306 g/mol. The predicted octanol–water partition coefficient (Wildman–Crippen LogP) is 4.41. The molecule has 0 aliphatic heterocycles. The van der Waals surface area contributed by atoms with Crippen LogP contribution in [-0.4, -0.2) is 22.0 Å². The molecule has 1 aromatic carbocycles. The summed E-state index contributed by atoms with van der Waals surface area (Å²) in [6, 6.07) is 6.23. The van der Waals surface area contributed by atoms with Gasteiger partial charge >= 0.3 is 0 Å². The van der Waals surface area contributed by atoms with E-state index < -0.39 is 0 Å². The number of ether oxygens (including phenoxy) is 1. The predicted molar refractivity (Wildman–Crippen MR) is 87.3 cm³/mol. The molecule has 0 amide bonds. The summed E-state index contributed by atoms with van der Waals surface area (Å²) in [6.07, 6.45) is 5.87. The van der Waals surface area contributed by atoms with Crippen LogP contribution in [0.3, 0.4) is 0 Å². The highest BCUT2D eigenvalue weighted by Gasteiger charge is 2.21. The molecule has 3 nitrogen and oxygen atoms in total. The molecule has 1 aliphatic rings. The first kappa shape index (κ1) is 14.7. The fraction of sp³-hybridized carbons (Fsp3) is 0.588. The van der Waals surface area contributed by atoms with Crippen molar-refractivity contribution in [1.29, 1.82) is 0 Å². The normalized spacial score (nSPS) is 15.3. The molecule has 1 fully saturated rings. The van der Waals surface area contributed by atoms with E-state index in [0.717, 1.165) is 49.0 Å². The number of hydrogen-bond acceptors (Lipinski definition) is 2. The van der Waals surface area contributed by atoms with Crippen molar-refractivity contribution in [3.63, 3.8) is 0 Å². The fourth-order valence-electron chi connectivity index (χ4n) is 2.91. The molecule has 0 atom stereocenters. The van der Waals surface area contributed by atoms with Crippen molar-refractivity contribution in [3.8, 4) is 5.75 Å². The van der Waals surface area contributed by atoms with Crippen molar-refractivity contribution in [3.05, 3.63) is 24.0 Å². The molecule has 4 heteroatoms. The van der Waals surface area contributed by atoms with Crippen molar-refractivity contribution < 1.29 is 4.74 Å². The average molecular weight is 307 g/mol. The molecule has 0 saturated heterocycles. The second kappa shape index (κ2) is 6.69. The topological polar surface area (TPSA) is 27.1 Å². The van der Waals surface area contributed by atoms with Gasteiger partial charge in [-0.15, -0.1) is 11.6 Å². The smallest absolute Gasteiger partial charge is 0.147 e. The minimum atomic E-state index is 0.610. The molecule has 1 saturated carbocycles. The molecular formula is C17H23ClN2O. The summed E-state index contributed by atoms with van der Waals surface area (Å²) in [6.45, 7) is 3.92. The third-order valence-corrected chi connectivity index (χ3v) is 4.46.